The molecule has 0 aromatic carbocycles. The number of aryl methyl sites for hydroxylation is 1. The molecule has 134 valence electrons. The first kappa shape index (κ1) is 17.9. The summed E-state index contributed by atoms with van der Waals surface area (Å²) >= 11 is 1.65. The normalized spacial score (nSPS) is 25.8. The van der Waals surface area contributed by atoms with Crippen LogP contribution in [0.4, 0.5) is 0 Å². The maximum atomic E-state index is 12.9. The third-order valence-corrected chi connectivity index (χ3v) is 6.80. The third kappa shape index (κ3) is 2.90. The van der Waals surface area contributed by atoms with Crippen LogP contribution >= 0.6 is 11.3 Å². The van der Waals surface area contributed by atoms with Crippen LogP contribution in [0.1, 0.15) is 47.0 Å². The third-order valence-electron chi connectivity index (χ3n) is 5.85. The minimum Gasteiger partial charge on any atom is -0.392 e. The molecule has 1 amide bonds. The molecule has 0 radical (unpaired) electrons. The minimum atomic E-state index is -0.313. The summed E-state index contributed by atoms with van der Waals surface area (Å²) < 4.78 is 5.82. The number of aliphatic hydroxyl groups is 1. The summed E-state index contributed by atoms with van der Waals surface area (Å²) in [7, 11) is 0. The van der Waals surface area contributed by atoms with Crippen LogP contribution in [0, 0.1) is 12.3 Å². The molecule has 1 saturated heterocycles. The summed E-state index contributed by atoms with van der Waals surface area (Å²) in [6, 6.07) is 0. The van der Waals surface area contributed by atoms with Gasteiger partial charge in [-0.25, -0.2) is 0 Å². The number of nitrogens with zero attached hydrogens (tertiary/aromatic N) is 1. The molecule has 1 saturated carbocycles. The van der Waals surface area contributed by atoms with E-state index in [1.807, 2.05) is 10.3 Å². The van der Waals surface area contributed by atoms with E-state index in [9.17, 15) is 9.90 Å². The van der Waals surface area contributed by atoms with Crippen molar-refractivity contribution in [1.29, 1.82) is 0 Å². The van der Waals surface area contributed by atoms with Gasteiger partial charge in [0.05, 0.1) is 24.4 Å². The van der Waals surface area contributed by atoms with Gasteiger partial charge in [-0.15, -0.1) is 11.3 Å². The number of hydrogen-bond acceptors (Lipinski definition) is 5. The second-order valence-electron chi connectivity index (χ2n) is 6.96. The van der Waals surface area contributed by atoms with Crippen LogP contribution in [0.2, 0.25) is 0 Å². The van der Waals surface area contributed by atoms with Gasteiger partial charge in [0.2, 0.25) is 0 Å². The van der Waals surface area contributed by atoms with Crippen LogP contribution in [0.5, 0.6) is 0 Å². The number of likely N-dealkylation sites (tertiary alicyclic amines) is 1. The number of aliphatic hydroxyl groups excluding tert-OH is 1. The molecule has 3 N–H and O–H groups in total. The summed E-state index contributed by atoms with van der Waals surface area (Å²) in [5, 5.41) is 12.3. The summed E-state index contributed by atoms with van der Waals surface area (Å²) in [5.41, 5.74) is 7.39. The number of nitrogens with two attached hydrogens (primary N) is 1. The number of carbonyl (C=O) groups is 1. The lowest BCUT2D eigenvalue weighted by molar-refractivity contribution is -0.207. The fourth-order valence-electron chi connectivity index (χ4n) is 4.22. The average Bonchev–Trinajstić information content (AvgIpc) is 2.98. The van der Waals surface area contributed by atoms with E-state index < -0.39 is 0 Å². The predicted molar refractivity (Wildman–Crippen MR) is 95.4 cm³/mol. The standard InChI is InChI=1S/C18H28N2O3S/c1-3-13-12(2)24-11-14(13)17(22)20-7-4-18(5-8-20)15(21)10-16(18)23-9-6-19/h11,15-16,21H,3-10,19H2,1-2H3/t15-,16+/m1/s1. The van der Waals surface area contributed by atoms with Crippen molar-refractivity contribution in [2.45, 2.75) is 51.7 Å². The Hall–Kier alpha value is -0.950. The lowest BCUT2D eigenvalue weighted by atomic mass is 9.58. The molecule has 2 heterocycles. The number of rotatable bonds is 5. The van der Waals surface area contributed by atoms with Crippen molar-refractivity contribution in [2.75, 3.05) is 26.2 Å². The van der Waals surface area contributed by atoms with E-state index in [4.69, 9.17) is 10.5 Å². The Bertz CT molecular complexity index is 593. The van der Waals surface area contributed by atoms with Gasteiger partial charge in [0.25, 0.3) is 5.91 Å². The lowest BCUT2D eigenvalue weighted by Gasteiger charge is -2.56. The summed E-state index contributed by atoms with van der Waals surface area (Å²) in [5.74, 6) is 0.138. The summed E-state index contributed by atoms with van der Waals surface area (Å²) in [6.07, 6.45) is 2.97. The molecule has 1 aromatic rings. The van der Waals surface area contributed by atoms with E-state index in [1.165, 1.54) is 10.4 Å². The topological polar surface area (TPSA) is 75.8 Å². The predicted octanol–water partition coefficient (Wildman–Crippen LogP) is 1.95. The van der Waals surface area contributed by atoms with E-state index in [-0.39, 0.29) is 23.5 Å². The zero-order valence-corrected chi connectivity index (χ0v) is 15.4. The molecular formula is C18H28N2O3S. The zero-order valence-electron chi connectivity index (χ0n) is 14.6. The average molecular weight is 353 g/mol. The Morgan fingerprint density at radius 2 is 2.21 bits per heavy atom. The van der Waals surface area contributed by atoms with Crippen LogP contribution in [-0.4, -0.2) is 54.4 Å². The molecule has 2 aliphatic rings. The summed E-state index contributed by atoms with van der Waals surface area (Å²) in [6.45, 7) is 6.60. The van der Waals surface area contributed by atoms with E-state index in [0.29, 0.717) is 32.7 Å². The molecule has 0 bridgehead atoms. The van der Waals surface area contributed by atoms with Gasteiger partial charge >= 0.3 is 0 Å². The highest BCUT2D eigenvalue weighted by molar-refractivity contribution is 7.10. The monoisotopic (exact) mass is 352 g/mol. The molecule has 3 rings (SSSR count). The van der Waals surface area contributed by atoms with Crippen molar-refractivity contribution in [1.82, 2.24) is 4.90 Å². The molecule has 1 aliphatic heterocycles. The summed E-state index contributed by atoms with van der Waals surface area (Å²) in [4.78, 5) is 16.0. The molecule has 24 heavy (non-hydrogen) atoms. The lowest BCUT2D eigenvalue weighted by Crippen LogP contribution is -2.63. The number of thiophene rings is 1. The van der Waals surface area contributed by atoms with Gasteiger partial charge in [-0.2, -0.15) is 0 Å². The van der Waals surface area contributed by atoms with Crippen LogP contribution < -0.4 is 5.73 Å². The van der Waals surface area contributed by atoms with Gasteiger partial charge in [-0.05, 0) is 31.7 Å². The second-order valence-corrected chi connectivity index (χ2v) is 8.05. The fourth-order valence-corrected chi connectivity index (χ4v) is 5.15. The van der Waals surface area contributed by atoms with Crippen molar-refractivity contribution < 1.29 is 14.6 Å². The molecule has 5 nitrogen and oxygen atoms in total. The molecule has 1 spiro atoms. The Morgan fingerprint density at radius 1 is 1.50 bits per heavy atom. The quantitative estimate of drug-likeness (QED) is 0.849. The van der Waals surface area contributed by atoms with Crippen molar-refractivity contribution in [3.05, 3.63) is 21.4 Å². The van der Waals surface area contributed by atoms with Crippen LogP contribution in [0.15, 0.2) is 5.38 Å². The highest BCUT2D eigenvalue weighted by Gasteiger charge is 2.56. The van der Waals surface area contributed by atoms with Crippen molar-refractivity contribution in [3.8, 4) is 0 Å². The van der Waals surface area contributed by atoms with Gasteiger partial charge in [0.1, 0.15) is 0 Å². The Kier molecular flexibility index (Phi) is 5.30. The first-order valence-corrected chi connectivity index (χ1v) is 9.77. The minimum absolute atomic E-state index is 0.0860. The fraction of sp³-hybridized carbons (Fsp3) is 0.722. The van der Waals surface area contributed by atoms with Gasteiger partial charge < -0.3 is 20.5 Å². The largest absolute Gasteiger partial charge is 0.392 e. The Morgan fingerprint density at radius 3 is 2.79 bits per heavy atom. The van der Waals surface area contributed by atoms with Gasteiger partial charge in [-0.3, -0.25) is 4.79 Å². The number of piperidine rings is 1. The highest BCUT2D eigenvalue weighted by atomic mass is 32.1. The molecule has 1 aromatic heterocycles. The molecule has 2 atom stereocenters. The first-order valence-electron chi connectivity index (χ1n) is 8.89. The van der Waals surface area contributed by atoms with E-state index in [0.717, 1.165) is 24.8 Å². The maximum Gasteiger partial charge on any atom is 0.254 e. The van der Waals surface area contributed by atoms with E-state index >= 15 is 0 Å². The highest BCUT2D eigenvalue weighted by Crippen LogP contribution is 2.51. The maximum absolute atomic E-state index is 12.9. The number of ether oxygens (including phenoxy) is 1. The van der Waals surface area contributed by atoms with Gasteiger partial charge in [-0.1, -0.05) is 6.92 Å². The molecule has 6 heteroatoms. The SMILES string of the molecule is CCc1c(C(=O)N2CCC3(CC2)[C@H](O)C[C@@H]3OCCN)csc1C. The molecular weight excluding hydrogens is 324 g/mol. The molecule has 1 aliphatic carbocycles. The van der Waals surface area contributed by atoms with Crippen LogP contribution in [0.25, 0.3) is 0 Å². The van der Waals surface area contributed by atoms with Crippen molar-refractivity contribution in [2.24, 2.45) is 11.1 Å². The number of amides is 1. The van der Waals surface area contributed by atoms with Gasteiger partial charge in [0.15, 0.2) is 0 Å². The Labute approximate surface area is 147 Å². The van der Waals surface area contributed by atoms with E-state index in [1.54, 1.807) is 11.3 Å². The van der Waals surface area contributed by atoms with Crippen LogP contribution in [-0.2, 0) is 11.2 Å². The second kappa shape index (κ2) is 7.12. The molecule has 0 unspecified atom stereocenters. The van der Waals surface area contributed by atoms with Crippen molar-refractivity contribution in [3.63, 3.8) is 0 Å². The molecule has 2 fully saturated rings. The number of hydrogen-bond donors (Lipinski definition) is 2. The first-order chi connectivity index (χ1) is 11.5. The van der Waals surface area contributed by atoms with Crippen molar-refractivity contribution >= 4 is 17.2 Å². The zero-order chi connectivity index (χ0) is 17.3. The number of carbonyl (C=O) groups excluding carboxylic acids is 1. The smallest absolute Gasteiger partial charge is 0.254 e. The van der Waals surface area contributed by atoms with Crippen LogP contribution in [0.3, 0.4) is 0 Å². The Balaban J connectivity index is 1.65. The van der Waals surface area contributed by atoms with Gasteiger partial charge in [0, 0.05) is 41.7 Å². The van der Waals surface area contributed by atoms with E-state index in [2.05, 4.69) is 13.8 Å².